The van der Waals surface area contributed by atoms with Crippen LogP contribution in [0.15, 0.2) is 51.7 Å². The van der Waals surface area contributed by atoms with E-state index in [2.05, 4.69) is 0 Å². The molecule has 2 aromatic carbocycles. The van der Waals surface area contributed by atoms with Crippen molar-refractivity contribution >= 4 is 11.0 Å². The van der Waals surface area contributed by atoms with E-state index >= 15 is 0 Å². The molecule has 0 saturated heterocycles. The fraction of sp³-hybridized carbons (Fsp3) is 0.211. The number of nitrogens with zero attached hydrogens (tertiary/aromatic N) is 1. The second kappa shape index (κ2) is 6.96. The molecule has 0 aliphatic rings. The first-order valence-electron chi connectivity index (χ1n) is 7.95. The van der Waals surface area contributed by atoms with E-state index in [1.54, 1.807) is 37.2 Å². The van der Waals surface area contributed by atoms with Gasteiger partial charge in [0.05, 0.1) is 10.9 Å². The Labute approximate surface area is 152 Å². The predicted octanol–water partition coefficient (Wildman–Crippen LogP) is 4.37. The Morgan fingerprint density at radius 2 is 1.78 bits per heavy atom. The molecule has 1 heterocycles. The molecule has 1 N–H and O–H groups in total. The number of fused-ring (bicyclic) bond motifs is 1. The minimum Gasteiger partial charge on any atom is -0.507 e. The largest absolute Gasteiger partial charge is 0.507 e. The number of aromatic hydroxyl groups is 1. The molecule has 0 radical (unpaired) electrons. The summed E-state index contributed by atoms with van der Waals surface area (Å²) in [6.45, 7) is 0.0856. The highest BCUT2D eigenvalue weighted by Crippen LogP contribution is 2.39. The van der Waals surface area contributed by atoms with Crippen molar-refractivity contribution in [1.82, 2.24) is 4.90 Å². The van der Waals surface area contributed by atoms with Gasteiger partial charge in [-0.1, -0.05) is 18.2 Å². The Hall–Kier alpha value is -3.00. The molecule has 0 atom stereocenters. The monoisotopic (exact) mass is 379 g/mol. The Morgan fingerprint density at radius 3 is 2.37 bits per heavy atom. The molecule has 0 amide bonds. The van der Waals surface area contributed by atoms with Crippen LogP contribution in [0.3, 0.4) is 0 Å². The third-order valence-electron chi connectivity index (χ3n) is 3.79. The van der Waals surface area contributed by atoms with Crippen LogP contribution in [0.2, 0.25) is 0 Å². The van der Waals surface area contributed by atoms with Gasteiger partial charge in [-0.2, -0.15) is 13.2 Å². The Morgan fingerprint density at radius 1 is 1.11 bits per heavy atom. The summed E-state index contributed by atoms with van der Waals surface area (Å²) < 4.78 is 51.0. The average Bonchev–Trinajstić information content (AvgIpc) is 2.59. The van der Waals surface area contributed by atoms with Crippen LogP contribution in [0, 0.1) is 0 Å². The number of hydrogen-bond donors (Lipinski definition) is 1. The lowest BCUT2D eigenvalue weighted by Crippen LogP contribution is -2.17. The molecule has 0 saturated carbocycles. The van der Waals surface area contributed by atoms with Crippen molar-refractivity contribution in [2.75, 3.05) is 14.1 Å². The third kappa shape index (κ3) is 3.75. The van der Waals surface area contributed by atoms with Crippen LogP contribution in [-0.4, -0.2) is 24.1 Å². The van der Waals surface area contributed by atoms with Crippen LogP contribution in [0.4, 0.5) is 13.2 Å². The van der Waals surface area contributed by atoms with Crippen molar-refractivity contribution in [3.8, 4) is 17.2 Å². The molecule has 1 aromatic heterocycles. The first-order valence-corrected chi connectivity index (χ1v) is 7.95. The van der Waals surface area contributed by atoms with Crippen molar-refractivity contribution < 1.29 is 27.4 Å². The van der Waals surface area contributed by atoms with Gasteiger partial charge in [0.1, 0.15) is 17.1 Å². The number of phenolic OH excluding ortho intramolecular Hbond substituents is 1. The summed E-state index contributed by atoms with van der Waals surface area (Å²) in [5, 5.41) is 9.94. The fourth-order valence-corrected chi connectivity index (χ4v) is 2.64. The van der Waals surface area contributed by atoms with E-state index in [0.717, 1.165) is 0 Å². The van der Waals surface area contributed by atoms with Gasteiger partial charge >= 0.3 is 6.18 Å². The van der Waals surface area contributed by atoms with Crippen molar-refractivity contribution in [3.63, 3.8) is 0 Å². The lowest BCUT2D eigenvalue weighted by atomic mass is 10.1. The van der Waals surface area contributed by atoms with E-state index in [-0.39, 0.29) is 34.6 Å². The van der Waals surface area contributed by atoms with Gasteiger partial charge in [-0.25, -0.2) is 0 Å². The lowest BCUT2D eigenvalue weighted by Gasteiger charge is -2.16. The normalized spacial score (nSPS) is 11.9. The minimum absolute atomic E-state index is 0.0712. The van der Waals surface area contributed by atoms with Crippen LogP contribution >= 0.6 is 0 Å². The topological polar surface area (TPSA) is 62.9 Å². The maximum Gasteiger partial charge on any atom is 0.453 e. The molecular weight excluding hydrogens is 363 g/mol. The summed E-state index contributed by atoms with van der Waals surface area (Å²) in [6, 6.07) is 10.1. The quantitative estimate of drug-likeness (QED) is 0.729. The highest BCUT2D eigenvalue weighted by Gasteiger charge is 2.41. The number of hydrogen-bond acceptors (Lipinski definition) is 5. The molecular formula is C19H16F3NO4. The molecule has 5 nitrogen and oxygen atoms in total. The average molecular weight is 379 g/mol. The zero-order valence-electron chi connectivity index (χ0n) is 14.5. The Bertz CT molecular complexity index is 1030. The van der Waals surface area contributed by atoms with Gasteiger partial charge in [0, 0.05) is 6.54 Å². The van der Waals surface area contributed by atoms with E-state index < -0.39 is 23.1 Å². The molecule has 3 aromatic rings. The van der Waals surface area contributed by atoms with Gasteiger partial charge in [-0.05, 0) is 38.4 Å². The maximum absolute atomic E-state index is 13.6. The van der Waals surface area contributed by atoms with E-state index in [1.165, 1.54) is 24.3 Å². The summed E-state index contributed by atoms with van der Waals surface area (Å²) in [7, 11) is 3.35. The summed E-state index contributed by atoms with van der Waals surface area (Å²) in [6.07, 6.45) is -4.96. The van der Waals surface area contributed by atoms with Gasteiger partial charge in [-0.15, -0.1) is 0 Å². The van der Waals surface area contributed by atoms with Crippen LogP contribution < -0.4 is 10.2 Å². The van der Waals surface area contributed by atoms with E-state index in [4.69, 9.17) is 9.15 Å². The van der Waals surface area contributed by atoms with E-state index in [1.807, 2.05) is 0 Å². The second-order valence-electron chi connectivity index (χ2n) is 6.18. The first-order chi connectivity index (χ1) is 12.7. The van der Waals surface area contributed by atoms with Crippen LogP contribution in [0.1, 0.15) is 11.3 Å². The summed E-state index contributed by atoms with van der Waals surface area (Å²) in [4.78, 5) is 14.4. The maximum atomic E-state index is 13.6. The summed E-state index contributed by atoms with van der Waals surface area (Å²) >= 11 is 0. The van der Waals surface area contributed by atoms with Gasteiger partial charge < -0.3 is 19.2 Å². The van der Waals surface area contributed by atoms with Crippen LogP contribution in [0.25, 0.3) is 11.0 Å². The van der Waals surface area contributed by atoms with E-state index in [0.29, 0.717) is 0 Å². The van der Waals surface area contributed by atoms with Gasteiger partial charge in [0.25, 0.3) is 5.76 Å². The summed E-state index contributed by atoms with van der Waals surface area (Å²) in [5.74, 6) is -2.68. The molecule has 3 rings (SSSR count). The smallest absolute Gasteiger partial charge is 0.453 e. The van der Waals surface area contributed by atoms with Gasteiger partial charge in [0.15, 0.2) is 0 Å². The van der Waals surface area contributed by atoms with Crippen molar-refractivity contribution in [1.29, 1.82) is 0 Å². The number of benzene rings is 2. The highest BCUT2D eigenvalue weighted by atomic mass is 19.4. The minimum atomic E-state index is -4.96. The van der Waals surface area contributed by atoms with E-state index in [9.17, 15) is 23.1 Å². The Kier molecular flexibility index (Phi) is 4.84. The number of phenols is 1. The fourth-order valence-electron chi connectivity index (χ4n) is 2.64. The molecule has 27 heavy (non-hydrogen) atoms. The number of rotatable bonds is 4. The number of ether oxygens (including phenoxy) is 1. The number of halogens is 3. The van der Waals surface area contributed by atoms with Crippen LogP contribution in [0.5, 0.6) is 17.2 Å². The third-order valence-corrected chi connectivity index (χ3v) is 3.79. The first kappa shape index (κ1) is 18.8. The van der Waals surface area contributed by atoms with Crippen LogP contribution in [-0.2, 0) is 12.7 Å². The molecule has 0 aliphatic carbocycles. The molecule has 0 fully saturated rings. The number of para-hydroxylation sites is 1. The second-order valence-corrected chi connectivity index (χ2v) is 6.18. The molecule has 0 unspecified atom stereocenters. The predicted molar refractivity (Wildman–Crippen MR) is 93.1 cm³/mol. The van der Waals surface area contributed by atoms with Gasteiger partial charge in [0.2, 0.25) is 11.2 Å². The molecule has 0 aliphatic heterocycles. The summed E-state index contributed by atoms with van der Waals surface area (Å²) in [5.41, 5.74) is -1.19. The van der Waals surface area contributed by atoms with Crippen molar-refractivity contribution in [3.05, 3.63) is 64.0 Å². The van der Waals surface area contributed by atoms with Gasteiger partial charge in [-0.3, -0.25) is 4.79 Å². The zero-order chi connectivity index (χ0) is 19.8. The zero-order valence-corrected chi connectivity index (χ0v) is 14.5. The van der Waals surface area contributed by atoms with Crippen molar-refractivity contribution in [2.24, 2.45) is 0 Å². The molecule has 8 heteroatoms. The standard InChI is InChI=1S/C19H16F3NO4/c1-23(2)10-13-14(24)9-8-12-15(25)17(26-11-6-4-3-5-7-11)18(19(20,21)22)27-16(12)13/h3-9,24H,10H2,1-2H3. The van der Waals surface area contributed by atoms with Crippen molar-refractivity contribution in [2.45, 2.75) is 12.7 Å². The Balaban J connectivity index is 2.31. The molecule has 0 spiro atoms. The molecule has 142 valence electrons. The molecule has 0 bridgehead atoms. The SMILES string of the molecule is CN(C)Cc1c(O)ccc2c(=O)c(Oc3ccccc3)c(C(F)(F)F)oc12. The number of alkyl halides is 3. The lowest BCUT2D eigenvalue weighted by molar-refractivity contribution is -0.154. The highest BCUT2D eigenvalue weighted by molar-refractivity contribution is 5.83.